The Labute approximate surface area is 131 Å². The lowest BCUT2D eigenvalue weighted by Crippen LogP contribution is -2.23. The lowest BCUT2D eigenvalue weighted by molar-refractivity contribution is 0.322. The fourth-order valence-electron chi connectivity index (χ4n) is 2.44. The Balaban J connectivity index is 2.19. The standard InChI is InChI=1S/C19H16NOP/c21-20-15-16-9-7-8-14-19(16)22(17-10-3-1-4-11-17)18-12-5-2-6-13-18/h1-15,21H. The van der Waals surface area contributed by atoms with Crippen molar-refractivity contribution in [1.82, 2.24) is 0 Å². The summed E-state index contributed by atoms with van der Waals surface area (Å²) in [5.41, 5.74) is 0.948. The number of nitrogens with zero attached hydrogens (tertiary/aromatic N) is 1. The Morgan fingerprint density at radius 2 is 1.18 bits per heavy atom. The Morgan fingerprint density at radius 3 is 1.73 bits per heavy atom. The van der Waals surface area contributed by atoms with E-state index in [4.69, 9.17) is 5.21 Å². The van der Waals surface area contributed by atoms with Gasteiger partial charge in [-0.3, -0.25) is 0 Å². The van der Waals surface area contributed by atoms with Gasteiger partial charge >= 0.3 is 0 Å². The second kappa shape index (κ2) is 7.02. The normalized spacial score (nSPS) is 11.1. The predicted molar refractivity (Wildman–Crippen MR) is 94.5 cm³/mol. The van der Waals surface area contributed by atoms with Gasteiger partial charge in [-0.05, 0) is 23.8 Å². The molecule has 0 aliphatic heterocycles. The minimum Gasteiger partial charge on any atom is -0.411 e. The first-order valence-electron chi connectivity index (χ1n) is 7.07. The Morgan fingerprint density at radius 1 is 0.682 bits per heavy atom. The van der Waals surface area contributed by atoms with Gasteiger partial charge in [-0.2, -0.15) is 0 Å². The predicted octanol–water partition coefficient (Wildman–Crippen LogP) is 3.25. The third-order valence-electron chi connectivity index (χ3n) is 3.40. The van der Waals surface area contributed by atoms with E-state index in [1.54, 1.807) is 0 Å². The van der Waals surface area contributed by atoms with Crippen molar-refractivity contribution in [2.24, 2.45) is 5.16 Å². The highest BCUT2D eigenvalue weighted by molar-refractivity contribution is 7.80. The number of benzene rings is 3. The van der Waals surface area contributed by atoms with Crippen LogP contribution in [0.3, 0.4) is 0 Å². The molecule has 0 unspecified atom stereocenters. The van der Waals surface area contributed by atoms with Crippen LogP contribution in [0.1, 0.15) is 5.56 Å². The second-order valence-corrected chi connectivity index (χ2v) is 7.00. The number of oxime groups is 1. The van der Waals surface area contributed by atoms with Gasteiger partial charge < -0.3 is 5.21 Å². The van der Waals surface area contributed by atoms with Crippen molar-refractivity contribution in [3.05, 3.63) is 90.5 Å². The molecule has 3 aromatic carbocycles. The minimum atomic E-state index is -0.681. The fraction of sp³-hybridized carbons (Fsp3) is 0. The molecular formula is C19H16NOP. The third kappa shape index (κ3) is 3.08. The molecule has 0 aliphatic rings. The largest absolute Gasteiger partial charge is 0.411 e. The summed E-state index contributed by atoms with van der Waals surface area (Å²) in [7, 11) is -0.681. The fourth-order valence-corrected chi connectivity index (χ4v) is 4.86. The molecule has 0 heterocycles. The lowest BCUT2D eigenvalue weighted by Gasteiger charge is -2.20. The van der Waals surface area contributed by atoms with Gasteiger partial charge in [0.15, 0.2) is 0 Å². The zero-order valence-electron chi connectivity index (χ0n) is 12.0. The van der Waals surface area contributed by atoms with Gasteiger partial charge in [0.05, 0.1) is 6.21 Å². The van der Waals surface area contributed by atoms with Crippen LogP contribution in [0.2, 0.25) is 0 Å². The van der Waals surface area contributed by atoms with Gasteiger partial charge in [0.25, 0.3) is 0 Å². The van der Waals surface area contributed by atoms with Crippen LogP contribution in [0.4, 0.5) is 0 Å². The van der Waals surface area contributed by atoms with Crippen molar-refractivity contribution in [2.75, 3.05) is 0 Å². The molecule has 0 amide bonds. The zero-order valence-corrected chi connectivity index (χ0v) is 12.9. The minimum absolute atomic E-state index is 0.681. The highest BCUT2D eigenvalue weighted by atomic mass is 31.1. The Hall–Kier alpha value is -2.44. The van der Waals surface area contributed by atoms with Crippen LogP contribution >= 0.6 is 7.92 Å². The molecule has 0 aliphatic carbocycles. The van der Waals surface area contributed by atoms with Crippen LogP contribution in [0, 0.1) is 0 Å². The molecule has 0 saturated carbocycles. The zero-order chi connectivity index (χ0) is 15.2. The van der Waals surface area contributed by atoms with Gasteiger partial charge in [0.1, 0.15) is 0 Å². The van der Waals surface area contributed by atoms with E-state index < -0.39 is 7.92 Å². The molecule has 0 atom stereocenters. The van der Waals surface area contributed by atoms with Crippen molar-refractivity contribution >= 4 is 30.0 Å². The maximum absolute atomic E-state index is 8.94. The average molecular weight is 305 g/mol. The Bertz CT molecular complexity index is 717. The molecule has 3 rings (SSSR count). The topological polar surface area (TPSA) is 32.6 Å². The number of hydrogen-bond donors (Lipinski definition) is 1. The van der Waals surface area contributed by atoms with E-state index in [1.807, 2.05) is 30.3 Å². The molecule has 3 heteroatoms. The van der Waals surface area contributed by atoms with Crippen LogP contribution in [-0.2, 0) is 0 Å². The van der Waals surface area contributed by atoms with E-state index in [-0.39, 0.29) is 0 Å². The molecular weight excluding hydrogens is 289 g/mol. The van der Waals surface area contributed by atoms with Gasteiger partial charge in [-0.15, -0.1) is 0 Å². The number of hydrogen-bond acceptors (Lipinski definition) is 2. The van der Waals surface area contributed by atoms with E-state index in [2.05, 4.69) is 59.8 Å². The molecule has 0 radical (unpaired) electrons. The van der Waals surface area contributed by atoms with E-state index in [0.717, 1.165) is 5.56 Å². The van der Waals surface area contributed by atoms with Crippen LogP contribution in [0.15, 0.2) is 90.1 Å². The lowest BCUT2D eigenvalue weighted by atomic mass is 10.2. The molecule has 1 N–H and O–H groups in total. The summed E-state index contributed by atoms with van der Waals surface area (Å²) in [5.74, 6) is 0. The smallest absolute Gasteiger partial charge is 0.0740 e. The third-order valence-corrected chi connectivity index (χ3v) is 5.92. The molecule has 0 aromatic heterocycles. The van der Waals surface area contributed by atoms with Crippen molar-refractivity contribution < 1.29 is 5.21 Å². The quantitative estimate of drug-likeness (QED) is 0.341. The summed E-state index contributed by atoms with van der Waals surface area (Å²) in [4.78, 5) is 0. The first-order valence-corrected chi connectivity index (χ1v) is 8.41. The summed E-state index contributed by atoms with van der Waals surface area (Å²) in [6.07, 6.45) is 1.51. The van der Waals surface area contributed by atoms with E-state index in [0.29, 0.717) is 0 Å². The van der Waals surface area contributed by atoms with Crippen molar-refractivity contribution in [3.8, 4) is 0 Å². The summed E-state index contributed by atoms with van der Waals surface area (Å²) in [6, 6.07) is 29.0. The maximum atomic E-state index is 8.94. The number of rotatable bonds is 4. The molecule has 22 heavy (non-hydrogen) atoms. The van der Waals surface area contributed by atoms with Gasteiger partial charge in [0, 0.05) is 5.56 Å². The maximum Gasteiger partial charge on any atom is 0.0740 e. The summed E-state index contributed by atoms with van der Waals surface area (Å²) >= 11 is 0. The molecule has 0 bridgehead atoms. The molecule has 108 valence electrons. The van der Waals surface area contributed by atoms with Crippen molar-refractivity contribution in [3.63, 3.8) is 0 Å². The molecule has 3 aromatic rings. The molecule has 0 spiro atoms. The summed E-state index contributed by atoms with van der Waals surface area (Å²) < 4.78 is 0. The van der Waals surface area contributed by atoms with E-state index in [1.165, 1.54) is 22.1 Å². The monoisotopic (exact) mass is 305 g/mol. The van der Waals surface area contributed by atoms with Crippen LogP contribution in [-0.4, -0.2) is 11.4 Å². The van der Waals surface area contributed by atoms with Gasteiger partial charge in [-0.1, -0.05) is 90.1 Å². The summed E-state index contributed by atoms with van der Waals surface area (Å²) in [5, 5.41) is 15.9. The van der Waals surface area contributed by atoms with Gasteiger partial charge in [-0.25, -0.2) is 0 Å². The van der Waals surface area contributed by atoms with Crippen LogP contribution < -0.4 is 15.9 Å². The highest BCUT2D eigenvalue weighted by Crippen LogP contribution is 2.33. The molecule has 0 saturated heterocycles. The Kier molecular flexibility index (Phi) is 4.62. The second-order valence-electron chi connectivity index (χ2n) is 4.81. The van der Waals surface area contributed by atoms with Crippen LogP contribution in [0.25, 0.3) is 0 Å². The SMILES string of the molecule is ON=Cc1ccccc1P(c1ccccc1)c1ccccc1. The van der Waals surface area contributed by atoms with E-state index in [9.17, 15) is 0 Å². The summed E-state index contributed by atoms with van der Waals surface area (Å²) in [6.45, 7) is 0. The average Bonchev–Trinajstić information content (AvgIpc) is 2.59. The van der Waals surface area contributed by atoms with Crippen molar-refractivity contribution in [2.45, 2.75) is 0 Å². The molecule has 2 nitrogen and oxygen atoms in total. The molecule has 0 fully saturated rings. The first-order chi connectivity index (χ1) is 10.9. The van der Waals surface area contributed by atoms with Crippen molar-refractivity contribution in [1.29, 1.82) is 0 Å². The first kappa shape index (κ1) is 14.5. The van der Waals surface area contributed by atoms with Crippen LogP contribution in [0.5, 0.6) is 0 Å². The highest BCUT2D eigenvalue weighted by Gasteiger charge is 2.18. The van der Waals surface area contributed by atoms with Gasteiger partial charge in [0.2, 0.25) is 0 Å². The van der Waals surface area contributed by atoms with E-state index >= 15 is 0 Å².